The Labute approximate surface area is 257 Å². The molecule has 0 aliphatic carbocycles. The standard InChI is InChI=1S/2C7H16NO.4C4H9.2Ga/c2*1-7(2,3)8-5-4-6-9;4*1-4(2)3;;/h2*8H,4-6H2,1-3H3;4*1-3H3;;/q6*-1;2*+3. The monoisotopic (exact) mass is 626 g/mol. The zero-order valence-corrected chi connectivity index (χ0v) is 33.1. The quantitative estimate of drug-likeness (QED) is 0.216. The molecule has 0 radical (unpaired) electrons. The van der Waals surface area contributed by atoms with E-state index in [0.29, 0.717) is 0 Å². The Hall–Kier alpha value is 1.11. The first kappa shape index (κ1) is 57.1. The molecule has 0 unspecified atom stereocenters. The fourth-order valence-corrected chi connectivity index (χ4v) is 1.07. The zero-order chi connectivity index (χ0) is 29.0. The average molecular weight is 628 g/mol. The van der Waals surface area contributed by atoms with E-state index in [-0.39, 0.29) is 63.9 Å². The van der Waals surface area contributed by atoms with Gasteiger partial charge in [-0.2, -0.15) is 83.1 Å². The van der Waals surface area contributed by atoms with Crippen molar-refractivity contribution in [3.63, 3.8) is 0 Å². The molecule has 0 saturated heterocycles. The van der Waals surface area contributed by atoms with Crippen LogP contribution in [-0.4, -0.2) is 77.0 Å². The van der Waals surface area contributed by atoms with Crippen LogP contribution in [0, 0.1) is 23.7 Å². The molecule has 0 bridgehead atoms. The molecule has 0 saturated carbocycles. The van der Waals surface area contributed by atoms with Crippen LogP contribution in [0.25, 0.3) is 0 Å². The van der Waals surface area contributed by atoms with Crippen LogP contribution < -0.4 is 20.8 Å². The van der Waals surface area contributed by atoms with Crippen molar-refractivity contribution in [3.8, 4) is 0 Å². The Kier molecular flexibility index (Phi) is 64.4. The molecule has 0 fully saturated rings. The molecule has 0 atom stereocenters. The molecule has 0 aliphatic heterocycles. The van der Waals surface area contributed by atoms with Gasteiger partial charge in [-0.1, -0.05) is 12.8 Å². The molecule has 0 spiro atoms. The van der Waals surface area contributed by atoms with Crippen molar-refractivity contribution in [3.05, 3.63) is 23.7 Å². The van der Waals surface area contributed by atoms with Crippen LogP contribution in [0.3, 0.4) is 0 Å². The summed E-state index contributed by atoms with van der Waals surface area (Å²) >= 11 is 0. The molecular formula is C30H68Ga2N2O2. The van der Waals surface area contributed by atoms with Crippen LogP contribution in [0.15, 0.2) is 0 Å². The Bertz CT molecular complexity index is 271. The molecule has 0 aromatic heterocycles. The molecule has 0 aliphatic rings. The summed E-state index contributed by atoms with van der Waals surface area (Å²) in [7, 11) is 0. The van der Waals surface area contributed by atoms with Gasteiger partial charge in [-0.25, -0.2) is 0 Å². The first-order valence-corrected chi connectivity index (χ1v) is 12.8. The van der Waals surface area contributed by atoms with Crippen LogP contribution >= 0.6 is 0 Å². The van der Waals surface area contributed by atoms with Crippen molar-refractivity contribution in [2.24, 2.45) is 0 Å². The van der Waals surface area contributed by atoms with E-state index in [9.17, 15) is 10.2 Å². The minimum atomic E-state index is 0. The van der Waals surface area contributed by atoms with Gasteiger partial charge in [0.15, 0.2) is 0 Å². The Morgan fingerprint density at radius 2 is 0.583 bits per heavy atom. The summed E-state index contributed by atoms with van der Waals surface area (Å²) in [6.45, 7) is 39.3. The van der Waals surface area contributed by atoms with Gasteiger partial charge < -0.3 is 44.5 Å². The molecule has 0 heterocycles. The number of nitrogens with one attached hydrogen (secondary N) is 2. The average Bonchev–Trinajstić information content (AvgIpc) is 2.51. The van der Waals surface area contributed by atoms with Crippen molar-refractivity contribution in [2.45, 2.75) is 149 Å². The van der Waals surface area contributed by atoms with Gasteiger partial charge in [-0.05, 0) is 54.6 Å². The van der Waals surface area contributed by atoms with Crippen LogP contribution in [0.2, 0.25) is 0 Å². The largest absolute Gasteiger partial charge is 3.00 e. The Morgan fingerprint density at radius 1 is 0.444 bits per heavy atom. The molecular weight excluding hydrogens is 560 g/mol. The Morgan fingerprint density at radius 3 is 0.667 bits per heavy atom. The third-order valence-corrected chi connectivity index (χ3v) is 1.95. The van der Waals surface area contributed by atoms with Gasteiger partial charge in [0.1, 0.15) is 0 Å². The maximum absolute atomic E-state index is 9.98. The van der Waals surface area contributed by atoms with Gasteiger partial charge in [0.25, 0.3) is 0 Å². The maximum Gasteiger partial charge on any atom is 3.00 e. The molecule has 4 nitrogen and oxygen atoms in total. The third kappa shape index (κ3) is 238. The smallest absolute Gasteiger partial charge is 0.854 e. The predicted molar refractivity (Wildman–Crippen MR) is 167 cm³/mol. The second-order valence-electron chi connectivity index (χ2n) is 12.5. The summed E-state index contributed by atoms with van der Waals surface area (Å²) in [4.78, 5) is 0. The first-order chi connectivity index (χ1) is 15.0. The van der Waals surface area contributed by atoms with E-state index < -0.39 is 0 Å². The molecule has 6 heteroatoms. The van der Waals surface area contributed by atoms with E-state index in [4.69, 9.17) is 0 Å². The third-order valence-electron chi connectivity index (χ3n) is 1.95. The molecule has 2 N–H and O–H groups in total. The minimum Gasteiger partial charge on any atom is -0.854 e. The molecule has 0 amide bonds. The second kappa shape index (κ2) is 40.6. The SMILES string of the molecule is CC(C)(C)NCCC[O-].CC(C)(C)NCCC[O-].C[C-](C)C.C[C-](C)C.C[C-](C)C.C[C-](C)C.[Ga+3].[Ga+3]. The van der Waals surface area contributed by atoms with Gasteiger partial charge >= 0.3 is 39.6 Å². The second-order valence-corrected chi connectivity index (χ2v) is 12.5. The van der Waals surface area contributed by atoms with E-state index in [0.717, 1.165) is 25.9 Å². The fourth-order valence-electron chi connectivity index (χ4n) is 1.07. The van der Waals surface area contributed by atoms with Gasteiger partial charge in [-0.3, -0.25) is 0 Å². The maximum atomic E-state index is 9.98. The molecule has 0 aromatic carbocycles. The molecule has 0 rings (SSSR count). The summed E-state index contributed by atoms with van der Waals surface area (Å²) < 4.78 is 0. The van der Waals surface area contributed by atoms with Crippen LogP contribution in [-0.2, 0) is 0 Å². The van der Waals surface area contributed by atoms with Crippen molar-refractivity contribution < 1.29 is 10.2 Å². The van der Waals surface area contributed by atoms with Crippen molar-refractivity contribution >= 4 is 39.6 Å². The van der Waals surface area contributed by atoms with E-state index >= 15 is 0 Å². The molecule has 0 aromatic rings. The Balaban J connectivity index is -0.0000000452. The molecule has 36 heavy (non-hydrogen) atoms. The van der Waals surface area contributed by atoms with E-state index in [2.05, 4.69) is 135 Å². The van der Waals surface area contributed by atoms with E-state index in [1.165, 1.54) is 23.7 Å². The van der Waals surface area contributed by atoms with Gasteiger partial charge in [0.2, 0.25) is 0 Å². The molecule has 216 valence electrons. The summed E-state index contributed by atoms with van der Waals surface area (Å²) in [5.74, 6) is 5.67. The normalized spacial score (nSPS) is 10.0. The number of hydrogen-bond acceptors (Lipinski definition) is 4. The van der Waals surface area contributed by atoms with Gasteiger partial charge in [0, 0.05) is 11.1 Å². The van der Waals surface area contributed by atoms with E-state index in [1.54, 1.807) is 0 Å². The van der Waals surface area contributed by atoms with E-state index in [1.807, 2.05) is 0 Å². The summed E-state index contributed by atoms with van der Waals surface area (Å²) in [6, 6.07) is 0. The number of rotatable bonds is 6. The van der Waals surface area contributed by atoms with Crippen molar-refractivity contribution in [1.29, 1.82) is 0 Å². The summed E-state index contributed by atoms with van der Waals surface area (Å²) in [5.41, 5.74) is 0.324. The van der Waals surface area contributed by atoms with Crippen LogP contribution in [0.5, 0.6) is 0 Å². The van der Waals surface area contributed by atoms with Crippen LogP contribution in [0.4, 0.5) is 0 Å². The van der Waals surface area contributed by atoms with Gasteiger partial charge in [-0.15, -0.1) is 13.2 Å². The van der Waals surface area contributed by atoms with Crippen LogP contribution in [0.1, 0.15) is 137 Å². The summed E-state index contributed by atoms with van der Waals surface area (Å²) in [6.07, 6.45) is 1.47. The van der Waals surface area contributed by atoms with Crippen molar-refractivity contribution in [2.75, 3.05) is 26.3 Å². The predicted octanol–water partition coefficient (Wildman–Crippen LogP) is 5.97. The first-order valence-electron chi connectivity index (χ1n) is 12.8. The van der Waals surface area contributed by atoms with Crippen molar-refractivity contribution in [1.82, 2.24) is 10.6 Å². The topological polar surface area (TPSA) is 70.2 Å². The van der Waals surface area contributed by atoms with Gasteiger partial charge in [0.05, 0.1) is 0 Å². The zero-order valence-electron chi connectivity index (χ0n) is 28.2. The fraction of sp³-hybridized carbons (Fsp3) is 0.867. The summed E-state index contributed by atoms with van der Waals surface area (Å²) in [5, 5.41) is 26.4. The minimum absolute atomic E-state index is 0. The number of hydrogen-bond donors (Lipinski definition) is 2.